The summed E-state index contributed by atoms with van der Waals surface area (Å²) in [5.74, 6) is 3.20. The lowest BCUT2D eigenvalue weighted by Gasteiger charge is -2.15. The van der Waals surface area contributed by atoms with Crippen LogP contribution in [-0.4, -0.2) is 11.7 Å². The van der Waals surface area contributed by atoms with Gasteiger partial charge in [-0.05, 0) is 52.4 Å². The summed E-state index contributed by atoms with van der Waals surface area (Å²) < 4.78 is 24.3. The molecule has 1 atom stereocenters. The van der Waals surface area contributed by atoms with Gasteiger partial charge >= 0.3 is 0 Å². The Bertz CT molecular complexity index is 1200. The summed E-state index contributed by atoms with van der Waals surface area (Å²) in [4.78, 5) is 0. The van der Waals surface area contributed by atoms with E-state index in [1.54, 1.807) is 0 Å². The van der Waals surface area contributed by atoms with Crippen LogP contribution in [0.1, 0.15) is 42.5 Å². The lowest BCUT2D eigenvalue weighted by molar-refractivity contribution is 0.249. The molecule has 0 aliphatic heterocycles. The van der Waals surface area contributed by atoms with Crippen molar-refractivity contribution in [2.75, 3.05) is 6.61 Å². The van der Waals surface area contributed by atoms with Gasteiger partial charge in [0.25, 0.3) is 0 Å². The molecule has 198 valence electrons. The van der Waals surface area contributed by atoms with Gasteiger partial charge in [-0.25, -0.2) is 0 Å². The maximum absolute atomic E-state index is 9.73. The molecule has 1 N–H and O–H groups in total. The van der Waals surface area contributed by atoms with Crippen LogP contribution in [-0.2, 0) is 26.4 Å². The van der Waals surface area contributed by atoms with Crippen LogP contribution in [0.4, 0.5) is 0 Å². The Labute approximate surface area is 225 Å². The summed E-state index contributed by atoms with van der Waals surface area (Å²) in [6.07, 6.45) is 1.04. The largest absolute Gasteiger partial charge is 0.493 e. The second-order valence-corrected chi connectivity index (χ2v) is 9.45. The first-order valence-corrected chi connectivity index (χ1v) is 13.1. The smallest absolute Gasteiger partial charge is 0.123 e. The maximum Gasteiger partial charge on any atom is 0.123 e. The van der Waals surface area contributed by atoms with Crippen molar-refractivity contribution in [3.05, 3.63) is 119 Å². The molecule has 4 rings (SSSR count). The van der Waals surface area contributed by atoms with Crippen molar-refractivity contribution < 1.29 is 24.1 Å². The zero-order chi connectivity index (χ0) is 26.6. The van der Waals surface area contributed by atoms with Crippen molar-refractivity contribution in [2.24, 2.45) is 5.92 Å². The van der Waals surface area contributed by atoms with Gasteiger partial charge in [-0.1, -0.05) is 80.9 Å². The highest BCUT2D eigenvalue weighted by Crippen LogP contribution is 2.28. The van der Waals surface area contributed by atoms with Crippen LogP contribution in [0.25, 0.3) is 0 Å². The zero-order valence-corrected chi connectivity index (χ0v) is 22.1. The number of hydrogen-bond acceptors (Lipinski definition) is 5. The van der Waals surface area contributed by atoms with Crippen molar-refractivity contribution in [3.8, 4) is 23.0 Å². The molecule has 4 aromatic carbocycles. The van der Waals surface area contributed by atoms with E-state index in [0.29, 0.717) is 55.3 Å². The first-order valence-electron chi connectivity index (χ1n) is 13.1. The Kier molecular flexibility index (Phi) is 10.1. The van der Waals surface area contributed by atoms with Crippen molar-refractivity contribution >= 4 is 0 Å². The van der Waals surface area contributed by atoms with Crippen LogP contribution in [0.5, 0.6) is 23.0 Å². The molecule has 5 nitrogen and oxygen atoms in total. The van der Waals surface area contributed by atoms with E-state index in [1.165, 1.54) is 0 Å². The number of hydrogen-bond donors (Lipinski definition) is 1. The number of benzene rings is 4. The molecule has 0 aromatic heterocycles. The van der Waals surface area contributed by atoms with Gasteiger partial charge in [-0.2, -0.15) is 0 Å². The van der Waals surface area contributed by atoms with Gasteiger partial charge in [0.2, 0.25) is 0 Å². The summed E-state index contributed by atoms with van der Waals surface area (Å²) in [7, 11) is 0. The number of rotatable bonds is 14. The van der Waals surface area contributed by atoms with E-state index < -0.39 is 0 Å². The van der Waals surface area contributed by atoms with Crippen molar-refractivity contribution in [2.45, 2.75) is 46.7 Å². The van der Waals surface area contributed by atoms with Crippen LogP contribution in [0.15, 0.2) is 97.1 Å². The second-order valence-electron chi connectivity index (χ2n) is 9.45. The highest BCUT2D eigenvalue weighted by Gasteiger charge is 2.09. The molecule has 0 saturated heterocycles. The topological polar surface area (TPSA) is 57.2 Å². The summed E-state index contributed by atoms with van der Waals surface area (Å²) in [5, 5.41) is 9.73. The van der Waals surface area contributed by atoms with Gasteiger partial charge in [-0.3, -0.25) is 0 Å². The van der Waals surface area contributed by atoms with Gasteiger partial charge in [0.1, 0.15) is 42.8 Å². The van der Waals surface area contributed by atoms with Gasteiger partial charge in [-0.15, -0.1) is 0 Å². The minimum Gasteiger partial charge on any atom is -0.493 e. The molecule has 0 aliphatic rings. The number of aliphatic hydroxyl groups excluding tert-OH is 1. The Morgan fingerprint density at radius 3 is 1.42 bits per heavy atom. The molecule has 0 spiro atoms. The predicted octanol–water partition coefficient (Wildman–Crippen LogP) is 7.34. The molecule has 4 aromatic rings. The van der Waals surface area contributed by atoms with E-state index in [0.717, 1.165) is 28.7 Å². The highest BCUT2D eigenvalue weighted by atomic mass is 16.5. The fraction of sp³-hybridized carbons (Fsp3) is 0.273. The quantitative estimate of drug-likeness (QED) is 0.192. The highest BCUT2D eigenvalue weighted by molar-refractivity contribution is 5.41. The van der Waals surface area contributed by atoms with Gasteiger partial charge in [0.05, 0.1) is 13.2 Å². The molecule has 0 unspecified atom stereocenters. The third-order valence-electron chi connectivity index (χ3n) is 6.20. The minimum absolute atomic E-state index is 0.0861. The molecule has 0 radical (unpaired) electrons. The molecule has 0 heterocycles. The fourth-order valence-corrected chi connectivity index (χ4v) is 3.77. The Balaban J connectivity index is 1.48. The van der Waals surface area contributed by atoms with E-state index in [-0.39, 0.29) is 6.61 Å². The van der Waals surface area contributed by atoms with Crippen LogP contribution in [0.2, 0.25) is 0 Å². The third kappa shape index (κ3) is 8.56. The van der Waals surface area contributed by atoms with Gasteiger partial charge in [0, 0.05) is 12.1 Å². The van der Waals surface area contributed by atoms with E-state index >= 15 is 0 Å². The molecule has 5 heteroatoms. The van der Waals surface area contributed by atoms with Crippen LogP contribution in [0.3, 0.4) is 0 Å². The molecule has 0 amide bonds. The van der Waals surface area contributed by atoms with Crippen LogP contribution >= 0.6 is 0 Å². The SMILES string of the molecule is CC[C@H](C)COc1cc(CO)cc(OCc2cc(OCc3ccccc3)cc(OCc3ccccc3)c2)c1. The maximum atomic E-state index is 9.73. The van der Waals surface area contributed by atoms with E-state index in [2.05, 4.69) is 13.8 Å². The summed E-state index contributed by atoms with van der Waals surface area (Å²) >= 11 is 0. The van der Waals surface area contributed by atoms with Crippen LogP contribution < -0.4 is 18.9 Å². The molecule has 0 bridgehead atoms. The molecular formula is C33H36O5. The minimum atomic E-state index is -0.0861. The fourth-order valence-electron chi connectivity index (χ4n) is 3.77. The zero-order valence-electron chi connectivity index (χ0n) is 22.1. The number of aliphatic hydroxyl groups is 1. The first kappa shape index (κ1) is 27.1. The average Bonchev–Trinajstić information content (AvgIpc) is 2.97. The van der Waals surface area contributed by atoms with E-state index in [4.69, 9.17) is 18.9 Å². The van der Waals surface area contributed by atoms with E-state index in [1.807, 2.05) is 97.1 Å². The summed E-state index contributed by atoms with van der Waals surface area (Å²) in [6, 6.07) is 31.5. The molecule has 0 aliphatic carbocycles. The van der Waals surface area contributed by atoms with Crippen molar-refractivity contribution in [1.82, 2.24) is 0 Å². The first-order chi connectivity index (χ1) is 18.6. The van der Waals surface area contributed by atoms with Gasteiger partial charge in [0.15, 0.2) is 0 Å². The summed E-state index contributed by atoms with van der Waals surface area (Å²) in [6.45, 7) is 6.05. The number of ether oxygens (including phenoxy) is 4. The Morgan fingerprint density at radius 2 is 0.974 bits per heavy atom. The monoisotopic (exact) mass is 512 g/mol. The van der Waals surface area contributed by atoms with Crippen molar-refractivity contribution in [3.63, 3.8) is 0 Å². The summed E-state index contributed by atoms with van der Waals surface area (Å²) in [5.41, 5.74) is 3.84. The lowest BCUT2D eigenvalue weighted by Crippen LogP contribution is -2.07. The van der Waals surface area contributed by atoms with E-state index in [9.17, 15) is 5.11 Å². The molecule has 38 heavy (non-hydrogen) atoms. The molecule has 0 saturated carbocycles. The average molecular weight is 513 g/mol. The Hall–Kier alpha value is -3.96. The molecule has 0 fully saturated rings. The second kappa shape index (κ2) is 14.1. The normalized spacial score (nSPS) is 11.6. The Morgan fingerprint density at radius 1 is 0.553 bits per heavy atom. The molecular weight excluding hydrogens is 476 g/mol. The van der Waals surface area contributed by atoms with Crippen molar-refractivity contribution in [1.29, 1.82) is 0 Å². The standard InChI is InChI=1S/C33H36O5/c1-3-25(2)21-35-30-14-28(20-34)15-31(18-30)38-24-29-16-32(36-22-26-10-6-4-7-11-26)19-33(17-29)37-23-27-12-8-5-9-13-27/h4-19,25,34H,3,20-24H2,1-2H3/t25-/m0/s1. The predicted molar refractivity (Wildman–Crippen MR) is 150 cm³/mol. The van der Waals surface area contributed by atoms with Gasteiger partial charge < -0.3 is 24.1 Å². The van der Waals surface area contributed by atoms with Crippen LogP contribution in [0, 0.1) is 5.92 Å². The third-order valence-corrected chi connectivity index (χ3v) is 6.20. The lowest BCUT2D eigenvalue weighted by atomic mass is 10.1.